The summed E-state index contributed by atoms with van der Waals surface area (Å²) in [6.07, 6.45) is 1.75. The number of nitrogens with zero attached hydrogens (tertiary/aromatic N) is 2. The van der Waals surface area contributed by atoms with Gasteiger partial charge in [0.2, 0.25) is 0 Å². The molecule has 4 rings (SSSR count). The first-order chi connectivity index (χ1) is 14.5. The Balaban J connectivity index is 1.41. The molecule has 2 aromatic carbocycles. The number of hydrogen-bond acceptors (Lipinski definition) is 4. The number of pyridine rings is 1. The van der Waals surface area contributed by atoms with Crippen molar-refractivity contribution in [3.05, 3.63) is 59.2 Å². The monoisotopic (exact) mass is 424 g/mol. The number of benzene rings is 2. The molecule has 0 unspecified atom stereocenters. The molecule has 30 heavy (non-hydrogen) atoms. The van der Waals surface area contributed by atoms with Crippen LogP contribution in [0.25, 0.3) is 10.9 Å². The molecule has 2 amide bonds. The van der Waals surface area contributed by atoms with Crippen molar-refractivity contribution < 1.29 is 9.53 Å². The number of fused-ring (bicyclic) bond motifs is 1. The fourth-order valence-corrected chi connectivity index (χ4v) is 3.98. The fraction of sp³-hybridized carbons (Fsp3) is 0.304. The van der Waals surface area contributed by atoms with Gasteiger partial charge in [0.25, 0.3) is 0 Å². The Morgan fingerprint density at radius 2 is 1.87 bits per heavy atom. The summed E-state index contributed by atoms with van der Waals surface area (Å²) >= 11 is 5.89. The molecule has 2 heterocycles. The predicted octanol–water partition coefficient (Wildman–Crippen LogP) is 5.00. The molecule has 0 atom stereocenters. The fourth-order valence-electron chi connectivity index (χ4n) is 3.85. The average Bonchev–Trinajstić information content (AvgIpc) is 2.75. The maximum Gasteiger partial charge on any atom is 0.319 e. The lowest BCUT2D eigenvalue weighted by atomic mass is 10.0. The topological polar surface area (TPSA) is 66.5 Å². The minimum absolute atomic E-state index is 0.136. The van der Waals surface area contributed by atoms with Gasteiger partial charge in [0.1, 0.15) is 5.75 Å². The van der Waals surface area contributed by atoms with E-state index in [1.807, 2.05) is 25.1 Å². The third-order valence-electron chi connectivity index (χ3n) is 5.40. The second kappa shape index (κ2) is 8.79. The Hall–Kier alpha value is -2.99. The van der Waals surface area contributed by atoms with E-state index in [2.05, 4.69) is 26.6 Å². The summed E-state index contributed by atoms with van der Waals surface area (Å²) in [7, 11) is 1.68. The largest absolute Gasteiger partial charge is 0.497 e. The molecule has 1 aliphatic heterocycles. The van der Waals surface area contributed by atoms with E-state index >= 15 is 0 Å². The number of amides is 2. The van der Waals surface area contributed by atoms with Crippen LogP contribution in [0.2, 0.25) is 5.02 Å². The molecule has 0 aliphatic carbocycles. The summed E-state index contributed by atoms with van der Waals surface area (Å²) in [5.74, 6) is 0.824. The van der Waals surface area contributed by atoms with Crippen LogP contribution < -0.4 is 20.3 Å². The van der Waals surface area contributed by atoms with Gasteiger partial charge in [0.05, 0.1) is 12.6 Å². The first-order valence-electron chi connectivity index (χ1n) is 10.1. The Morgan fingerprint density at radius 1 is 1.13 bits per heavy atom. The molecule has 0 bridgehead atoms. The van der Waals surface area contributed by atoms with Gasteiger partial charge in [-0.3, -0.25) is 4.98 Å². The second-order valence-corrected chi connectivity index (χ2v) is 7.97. The molecular formula is C23H25ClN4O2. The molecular weight excluding hydrogens is 400 g/mol. The molecule has 156 valence electrons. The molecule has 7 heteroatoms. The van der Waals surface area contributed by atoms with Crippen molar-refractivity contribution in [3.63, 3.8) is 0 Å². The SMILES string of the molecule is COc1ccc2nc(C)cc(N3CCC(NC(=O)Nc4ccc(Cl)cc4)CC3)c2c1. The number of carbonyl (C=O) groups excluding carboxylic acids is 1. The van der Waals surface area contributed by atoms with Crippen LogP contribution in [0.1, 0.15) is 18.5 Å². The number of halogens is 1. The summed E-state index contributed by atoms with van der Waals surface area (Å²) in [5, 5.41) is 7.67. The number of piperidine rings is 1. The Morgan fingerprint density at radius 3 is 2.57 bits per heavy atom. The second-order valence-electron chi connectivity index (χ2n) is 7.53. The minimum Gasteiger partial charge on any atom is -0.497 e. The van der Waals surface area contributed by atoms with E-state index in [0.29, 0.717) is 5.02 Å². The van der Waals surface area contributed by atoms with Crippen LogP contribution in [0.5, 0.6) is 5.75 Å². The highest BCUT2D eigenvalue weighted by Crippen LogP contribution is 2.31. The van der Waals surface area contributed by atoms with Crippen molar-refractivity contribution in [1.29, 1.82) is 0 Å². The quantitative estimate of drug-likeness (QED) is 0.618. The molecule has 2 N–H and O–H groups in total. The molecule has 3 aromatic rings. The molecule has 6 nitrogen and oxygen atoms in total. The number of carbonyl (C=O) groups is 1. The first-order valence-corrected chi connectivity index (χ1v) is 10.4. The lowest BCUT2D eigenvalue weighted by Gasteiger charge is -2.34. The maximum atomic E-state index is 12.3. The number of urea groups is 1. The standard InChI is InChI=1S/C23H25ClN4O2/c1-15-13-22(20-14-19(30-2)7-8-21(20)25-15)28-11-9-18(10-12-28)27-23(29)26-17-5-3-16(24)4-6-17/h3-8,13-14,18H,9-12H2,1-2H3,(H2,26,27,29). The van der Waals surface area contributed by atoms with Crippen LogP contribution >= 0.6 is 11.6 Å². The third-order valence-corrected chi connectivity index (χ3v) is 5.65. The van der Waals surface area contributed by atoms with Gasteiger partial charge in [-0.25, -0.2) is 4.79 Å². The van der Waals surface area contributed by atoms with Crippen LogP contribution in [0.4, 0.5) is 16.2 Å². The summed E-state index contributed by atoms with van der Waals surface area (Å²) in [6, 6.07) is 15.1. The minimum atomic E-state index is -0.189. The van der Waals surface area contributed by atoms with E-state index in [1.54, 1.807) is 31.4 Å². The number of methoxy groups -OCH3 is 1. The number of aryl methyl sites for hydroxylation is 1. The maximum absolute atomic E-state index is 12.3. The number of hydrogen-bond donors (Lipinski definition) is 2. The summed E-state index contributed by atoms with van der Waals surface area (Å²) in [4.78, 5) is 19.3. The van der Waals surface area contributed by atoms with Crippen LogP contribution in [0, 0.1) is 6.92 Å². The van der Waals surface area contributed by atoms with Gasteiger partial charge >= 0.3 is 6.03 Å². The highest BCUT2D eigenvalue weighted by molar-refractivity contribution is 6.30. The van der Waals surface area contributed by atoms with Crippen LogP contribution in [0.15, 0.2) is 48.5 Å². The van der Waals surface area contributed by atoms with Crippen LogP contribution in [-0.4, -0.2) is 37.3 Å². The number of ether oxygens (including phenoxy) is 1. The molecule has 1 aromatic heterocycles. The van der Waals surface area contributed by atoms with E-state index in [4.69, 9.17) is 16.3 Å². The van der Waals surface area contributed by atoms with Gasteiger partial charge in [-0.05, 0) is 68.3 Å². The summed E-state index contributed by atoms with van der Waals surface area (Å²) < 4.78 is 5.40. The van der Waals surface area contributed by atoms with Crippen molar-refractivity contribution in [3.8, 4) is 5.75 Å². The lowest BCUT2D eigenvalue weighted by molar-refractivity contribution is 0.246. The number of anilines is 2. The smallest absolute Gasteiger partial charge is 0.319 e. The van der Waals surface area contributed by atoms with Gasteiger partial charge in [0.15, 0.2) is 0 Å². The van der Waals surface area contributed by atoms with Crippen LogP contribution in [0.3, 0.4) is 0 Å². The van der Waals surface area contributed by atoms with Crippen molar-refractivity contribution in [1.82, 2.24) is 10.3 Å². The van der Waals surface area contributed by atoms with Crippen LogP contribution in [-0.2, 0) is 0 Å². The van der Waals surface area contributed by atoms with Gasteiger partial charge < -0.3 is 20.3 Å². The van der Waals surface area contributed by atoms with Gasteiger partial charge in [0, 0.05) is 46.6 Å². The number of rotatable bonds is 4. The van der Waals surface area contributed by atoms with E-state index in [-0.39, 0.29) is 12.1 Å². The third kappa shape index (κ3) is 4.60. The Bertz CT molecular complexity index is 1050. The normalized spacial score (nSPS) is 14.6. The molecule has 1 fully saturated rings. The van der Waals surface area contributed by atoms with E-state index in [9.17, 15) is 4.79 Å². The summed E-state index contributed by atoms with van der Waals surface area (Å²) in [6.45, 7) is 3.74. The Kier molecular flexibility index (Phi) is 5.95. The van der Waals surface area contributed by atoms with E-state index < -0.39 is 0 Å². The highest BCUT2D eigenvalue weighted by Gasteiger charge is 2.22. The van der Waals surface area contributed by atoms with Crippen molar-refractivity contribution >= 4 is 39.9 Å². The number of nitrogens with one attached hydrogen (secondary N) is 2. The number of aromatic nitrogens is 1. The van der Waals surface area contributed by atoms with Gasteiger partial charge in [-0.1, -0.05) is 11.6 Å². The molecule has 0 spiro atoms. The first kappa shape index (κ1) is 20.3. The summed E-state index contributed by atoms with van der Waals surface area (Å²) in [5.41, 5.74) is 3.85. The lowest BCUT2D eigenvalue weighted by Crippen LogP contribution is -2.46. The van der Waals surface area contributed by atoms with Crippen molar-refractivity contribution in [2.24, 2.45) is 0 Å². The zero-order chi connectivity index (χ0) is 21.1. The molecule has 0 radical (unpaired) electrons. The predicted molar refractivity (Wildman–Crippen MR) is 122 cm³/mol. The van der Waals surface area contributed by atoms with E-state index in [0.717, 1.165) is 54.0 Å². The highest BCUT2D eigenvalue weighted by atomic mass is 35.5. The van der Waals surface area contributed by atoms with Gasteiger partial charge in [-0.2, -0.15) is 0 Å². The van der Waals surface area contributed by atoms with Crippen molar-refractivity contribution in [2.45, 2.75) is 25.8 Å². The average molecular weight is 425 g/mol. The molecule has 1 aliphatic rings. The molecule has 0 saturated carbocycles. The zero-order valence-corrected chi connectivity index (χ0v) is 17.9. The zero-order valence-electron chi connectivity index (χ0n) is 17.1. The Labute approximate surface area is 181 Å². The molecule has 1 saturated heterocycles. The van der Waals surface area contributed by atoms with Crippen molar-refractivity contribution in [2.75, 3.05) is 30.4 Å². The van der Waals surface area contributed by atoms with E-state index in [1.165, 1.54) is 5.69 Å². The van der Waals surface area contributed by atoms with Gasteiger partial charge in [-0.15, -0.1) is 0 Å².